The first-order valence-electron chi connectivity index (χ1n) is 9.37. The Morgan fingerprint density at radius 2 is 1.03 bits per heavy atom. The highest BCUT2D eigenvalue weighted by molar-refractivity contribution is 9.10. The van der Waals surface area contributed by atoms with Gasteiger partial charge in [0.15, 0.2) is 0 Å². The summed E-state index contributed by atoms with van der Waals surface area (Å²) in [6.45, 7) is 0. The van der Waals surface area contributed by atoms with E-state index in [9.17, 15) is 8.42 Å². The van der Waals surface area contributed by atoms with Crippen LogP contribution in [-0.2, 0) is 10.0 Å². The fourth-order valence-corrected chi connectivity index (χ4v) is 4.08. The molecule has 31 heavy (non-hydrogen) atoms. The van der Waals surface area contributed by atoms with E-state index in [1.165, 1.54) is 12.1 Å². The van der Waals surface area contributed by atoms with Gasteiger partial charge in [-0.3, -0.25) is 4.72 Å². The van der Waals surface area contributed by atoms with Crippen molar-refractivity contribution < 1.29 is 17.9 Å². The number of para-hydroxylation sites is 1. The first kappa shape index (κ1) is 21.0. The largest absolute Gasteiger partial charge is 0.457 e. The Hall–Kier alpha value is -3.29. The highest BCUT2D eigenvalue weighted by Crippen LogP contribution is 2.26. The zero-order valence-electron chi connectivity index (χ0n) is 16.2. The fourth-order valence-electron chi connectivity index (χ4n) is 2.76. The Labute approximate surface area is 189 Å². The zero-order chi connectivity index (χ0) is 21.7. The van der Waals surface area contributed by atoms with E-state index >= 15 is 0 Å². The Bertz CT molecular complexity index is 1240. The Balaban J connectivity index is 1.41. The summed E-state index contributed by atoms with van der Waals surface area (Å²) < 4.78 is 40.4. The third-order valence-corrected chi connectivity index (χ3v) is 6.19. The summed E-state index contributed by atoms with van der Waals surface area (Å²) in [5.41, 5.74) is 0.440. The van der Waals surface area contributed by atoms with Crippen LogP contribution in [0.5, 0.6) is 23.0 Å². The summed E-state index contributed by atoms with van der Waals surface area (Å²) in [6.07, 6.45) is 0. The molecule has 0 bridgehead atoms. The maximum atomic E-state index is 12.7. The van der Waals surface area contributed by atoms with Gasteiger partial charge in [-0.25, -0.2) is 8.42 Å². The average Bonchev–Trinajstić information content (AvgIpc) is 2.78. The third kappa shape index (κ3) is 5.65. The van der Waals surface area contributed by atoms with Gasteiger partial charge in [0.2, 0.25) is 0 Å². The summed E-state index contributed by atoms with van der Waals surface area (Å²) in [5, 5.41) is 0. The molecule has 0 saturated heterocycles. The predicted octanol–water partition coefficient (Wildman–Crippen LogP) is 6.83. The summed E-state index contributed by atoms with van der Waals surface area (Å²) in [4.78, 5) is 0.139. The van der Waals surface area contributed by atoms with E-state index in [1.54, 1.807) is 36.4 Å². The van der Waals surface area contributed by atoms with E-state index in [0.29, 0.717) is 28.7 Å². The Kier molecular flexibility index (Phi) is 6.25. The average molecular weight is 496 g/mol. The summed E-state index contributed by atoms with van der Waals surface area (Å²) in [7, 11) is -3.73. The van der Waals surface area contributed by atoms with Crippen molar-refractivity contribution >= 4 is 31.6 Å². The van der Waals surface area contributed by atoms with Crippen LogP contribution in [0.3, 0.4) is 0 Å². The quantitative estimate of drug-likeness (QED) is 0.305. The molecule has 4 aromatic carbocycles. The summed E-state index contributed by atoms with van der Waals surface area (Å²) >= 11 is 3.37. The monoisotopic (exact) mass is 495 g/mol. The number of hydrogen-bond donors (Lipinski definition) is 1. The molecule has 0 atom stereocenters. The normalized spacial score (nSPS) is 11.0. The second kappa shape index (κ2) is 9.24. The number of rotatable bonds is 7. The van der Waals surface area contributed by atoms with Crippen molar-refractivity contribution in [3.8, 4) is 23.0 Å². The van der Waals surface area contributed by atoms with Gasteiger partial charge < -0.3 is 9.47 Å². The predicted molar refractivity (Wildman–Crippen MR) is 124 cm³/mol. The topological polar surface area (TPSA) is 64.6 Å². The van der Waals surface area contributed by atoms with Crippen LogP contribution < -0.4 is 14.2 Å². The molecule has 4 rings (SSSR count). The van der Waals surface area contributed by atoms with Gasteiger partial charge >= 0.3 is 0 Å². The molecule has 4 aromatic rings. The lowest BCUT2D eigenvalue weighted by molar-refractivity contribution is 0.482. The standard InChI is InChI=1S/C24H18BrNO4S/c25-18-6-10-21(11-7-18)30-23-14-16-24(17-15-23)31(27,28)26-19-8-12-22(13-9-19)29-20-4-2-1-3-5-20/h1-17,26H. The van der Waals surface area contributed by atoms with Gasteiger partial charge in [-0.2, -0.15) is 0 Å². The molecule has 0 spiro atoms. The molecule has 0 amide bonds. The van der Waals surface area contributed by atoms with Crippen molar-refractivity contribution in [2.45, 2.75) is 4.90 Å². The van der Waals surface area contributed by atoms with E-state index in [4.69, 9.17) is 9.47 Å². The molecule has 0 radical (unpaired) electrons. The smallest absolute Gasteiger partial charge is 0.261 e. The first-order chi connectivity index (χ1) is 15.0. The van der Waals surface area contributed by atoms with Crippen LogP contribution in [0.15, 0.2) is 112 Å². The second-order valence-electron chi connectivity index (χ2n) is 6.57. The molecule has 7 heteroatoms. The van der Waals surface area contributed by atoms with Crippen LogP contribution in [0.2, 0.25) is 0 Å². The van der Waals surface area contributed by atoms with E-state index in [1.807, 2.05) is 54.6 Å². The third-order valence-electron chi connectivity index (χ3n) is 4.27. The molecule has 0 aliphatic rings. The minimum absolute atomic E-state index is 0.139. The van der Waals surface area contributed by atoms with Crippen LogP contribution >= 0.6 is 15.9 Å². The molecule has 5 nitrogen and oxygen atoms in total. The van der Waals surface area contributed by atoms with Crippen LogP contribution in [0.4, 0.5) is 5.69 Å². The van der Waals surface area contributed by atoms with Crippen molar-refractivity contribution in [1.82, 2.24) is 0 Å². The zero-order valence-corrected chi connectivity index (χ0v) is 18.6. The lowest BCUT2D eigenvalue weighted by atomic mass is 10.3. The number of sulfonamides is 1. The van der Waals surface area contributed by atoms with Crippen LogP contribution in [0, 0.1) is 0 Å². The highest BCUT2D eigenvalue weighted by Gasteiger charge is 2.14. The molecule has 0 unspecified atom stereocenters. The van der Waals surface area contributed by atoms with Crippen molar-refractivity contribution in [2.75, 3.05) is 4.72 Å². The van der Waals surface area contributed by atoms with E-state index in [2.05, 4.69) is 20.7 Å². The first-order valence-corrected chi connectivity index (χ1v) is 11.6. The molecular weight excluding hydrogens is 478 g/mol. The molecule has 0 saturated carbocycles. The van der Waals surface area contributed by atoms with Crippen molar-refractivity contribution in [3.63, 3.8) is 0 Å². The molecule has 1 N–H and O–H groups in total. The van der Waals surface area contributed by atoms with Gasteiger partial charge in [0.05, 0.1) is 4.90 Å². The van der Waals surface area contributed by atoms with Gasteiger partial charge in [0.1, 0.15) is 23.0 Å². The van der Waals surface area contributed by atoms with Crippen molar-refractivity contribution in [2.24, 2.45) is 0 Å². The summed E-state index contributed by atoms with van der Waals surface area (Å²) in [5.74, 6) is 2.53. The number of halogens is 1. The lowest BCUT2D eigenvalue weighted by Crippen LogP contribution is -2.12. The Morgan fingerprint density at radius 3 is 1.58 bits per heavy atom. The number of ether oxygens (including phenoxy) is 2. The van der Waals surface area contributed by atoms with E-state index in [-0.39, 0.29) is 4.90 Å². The molecule has 0 aliphatic heterocycles. The number of anilines is 1. The molecule has 0 aromatic heterocycles. The molecule has 156 valence electrons. The number of hydrogen-bond acceptors (Lipinski definition) is 4. The maximum Gasteiger partial charge on any atom is 0.261 e. The minimum atomic E-state index is -3.73. The van der Waals surface area contributed by atoms with E-state index < -0.39 is 10.0 Å². The van der Waals surface area contributed by atoms with Crippen LogP contribution in [0.25, 0.3) is 0 Å². The minimum Gasteiger partial charge on any atom is -0.457 e. The van der Waals surface area contributed by atoms with Crippen LogP contribution in [-0.4, -0.2) is 8.42 Å². The second-order valence-corrected chi connectivity index (χ2v) is 9.17. The lowest BCUT2D eigenvalue weighted by Gasteiger charge is -2.11. The summed E-state index contributed by atoms with van der Waals surface area (Å²) in [6, 6.07) is 29.7. The molecular formula is C24H18BrNO4S. The van der Waals surface area contributed by atoms with Gasteiger partial charge in [0.25, 0.3) is 10.0 Å². The molecule has 0 aliphatic carbocycles. The SMILES string of the molecule is O=S(=O)(Nc1ccc(Oc2ccccc2)cc1)c1ccc(Oc2ccc(Br)cc2)cc1. The van der Waals surface area contributed by atoms with Crippen molar-refractivity contribution in [3.05, 3.63) is 108 Å². The van der Waals surface area contributed by atoms with Gasteiger partial charge in [-0.1, -0.05) is 34.1 Å². The molecule has 0 fully saturated rings. The van der Waals surface area contributed by atoms with Crippen LogP contribution in [0.1, 0.15) is 0 Å². The van der Waals surface area contributed by atoms with Crippen molar-refractivity contribution in [1.29, 1.82) is 0 Å². The molecule has 0 heterocycles. The highest BCUT2D eigenvalue weighted by atomic mass is 79.9. The van der Waals surface area contributed by atoms with E-state index in [0.717, 1.165) is 4.47 Å². The number of nitrogens with one attached hydrogen (secondary N) is 1. The fraction of sp³-hybridized carbons (Fsp3) is 0. The maximum absolute atomic E-state index is 12.7. The number of benzene rings is 4. The van der Waals surface area contributed by atoms with Gasteiger partial charge in [-0.15, -0.1) is 0 Å². The Morgan fingerprint density at radius 1 is 0.581 bits per heavy atom. The van der Waals surface area contributed by atoms with Gasteiger partial charge in [0, 0.05) is 10.2 Å². The van der Waals surface area contributed by atoms with Gasteiger partial charge in [-0.05, 0) is 84.9 Å².